The van der Waals surface area contributed by atoms with Crippen molar-refractivity contribution in [2.24, 2.45) is 11.8 Å². The second kappa shape index (κ2) is 7.85. The summed E-state index contributed by atoms with van der Waals surface area (Å²) in [5.41, 5.74) is 1.31. The van der Waals surface area contributed by atoms with Crippen LogP contribution in [0.4, 0.5) is 0 Å². The van der Waals surface area contributed by atoms with E-state index in [1.165, 1.54) is 5.56 Å². The van der Waals surface area contributed by atoms with Crippen LogP contribution in [0.1, 0.15) is 11.6 Å². The van der Waals surface area contributed by atoms with Crippen molar-refractivity contribution in [2.45, 2.75) is 10.9 Å². The molecule has 28 heavy (non-hydrogen) atoms. The molecule has 4 rings (SSSR count). The van der Waals surface area contributed by atoms with Gasteiger partial charge in [0, 0.05) is 32.2 Å². The smallest absolute Gasteiger partial charge is 0.179 e. The zero-order valence-corrected chi connectivity index (χ0v) is 17.3. The summed E-state index contributed by atoms with van der Waals surface area (Å²) in [5, 5.41) is 0. The Morgan fingerprint density at radius 1 is 1.00 bits per heavy atom. The van der Waals surface area contributed by atoms with Gasteiger partial charge in [0.1, 0.15) is 5.75 Å². The van der Waals surface area contributed by atoms with Crippen LogP contribution >= 0.6 is 0 Å². The van der Waals surface area contributed by atoms with E-state index in [1.54, 1.807) is 31.4 Å². The molecule has 2 aromatic carbocycles. The number of fused-ring (bicyclic) bond motifs is 1. The Morgan fingerprint density at radius 3 is 2.39 bits per heavy atom. The van der Waals surface area contributed by atoms with Gasteiger partial charge >= 0.3 is 0 Å². The summed E-state index contributed by atoms with van der Waals surface area (Å²) in [7, 11) is 0.656. The number of sulfone groups is 1. The van der Waals surface area contributed by atoms with Crippen molar-refractivity contribution in [1.29, 1.82) is 0 Å². The topological polar surface area (TPSA) is 49.9 Å². The maximum absolute atomic E-state index is 12.6. The highest BCUT2D eigenvalue weighted by molar-refractivity contribution is 7.91. The summed E-state index contributed by atoms with van der Waals surface area (Å²) >= 11 is 0. The van der Waals surface area contributed by atoms with Crippen LogP contribution in [0.25, 0.3) is 0 Å². The predicted molar refractivity (Wildman–Crippen MR) is 110 cm³/mol. The fourth-order valence-corrected chi connectivity index (χ4v) is 6.14. The van der Waals surface area contributed by atoms with E-state index >= 15 is 0 Å². The van der Waals surface area contributed by atoms with Crippen LogP contribution in [0.5, 0.6) is 5.75 Å². The molecule has 0 bridgehead atoms. The molecule has 0 spiro atoms. The molecule has 2 aliphatic rings. The largest absolute Gasteiger partial charge is 0.497 e. The fourth-order valence-electron chi connectivity index (χ4n) is 4.83. The Labute approximate surface area is 167 Å². The number of rotatable bonds is 6. The van der Waals surface area contributed by atoms with E-state index < -0.39 is 9.84 Å². The third kappa shape index (κ3) is 3.81. The molecule has 3 atom stereocenters. The molecule has 2 aliphatic heterocycles. The second-order valence-electron chi connectivity index (χ2n) is 7.97. The highest BCUT2D eigenvalue weighted by Crippen LogP contribution is 2.44. The van der Waals surface area contributed by atoms with Crippen LogP contribution in [-0.4, -0.2) is 64.3 Å². The maximum atomic E-state index is 12.6. The molecule has 2 saturated heterocycles. The van der Waals surface area contributed by atoms with Crippen LogP contribution in [-0.2, 0) is 9.84 Å². The van der Waals surface area contributed by atoms with Crippen molar-refractivity contribution in [2.75, 3.05) is 46.1 Å². The van der Waals surface area contributed by atoms with Crippen molar-refractivity contribution in [3.8, 4) is 5.75 Å². The molecule has 150 valence electrons. The third-order valence-electron chi connectivity index (χ3n) is 6.21. The number of hydrogen-bond donors (Lipinski definition) is 0. The molecule has 6 heteroatoms. The minimum Gasteiger partial charge on any atom is -0.497 e. The molecule has 0 saturated carbocycles. The summed E-state index contributed by atoms with van der Waals surface area (Å²) in [4.78, 5) is 5.19. The molecule has 0 N–H and O–H groups in total. The number of nitrogens with zero attached hydrogens (tertiary/aromatic N) is 2. The first-order chi connectivity index (χ1) is 13.5. The number of likely N-dealkylation sites (tertiary alicyclic amines) is 2. The van der Waals surface area contributed by atoms with Gasteiger partial charge < -0.3 is 9.64 Å². The summed E-state index contributed by atoms with van der Waals surface area (Å²) in [6.45, 7) is 3.59. The molecule has 0 radical (unpaired) electrons. The van der Waals surface area contributed by atoms with Gasteiger partial charge in [0.05, 0.1) is 17.8 Å². The van der Waals surface area contributed by atoms with Crippen molar-refractivity contribution >= 4 is 9.84 Å². The van der Waals surface area contributed by atoms with Gasteiger partial charge in [-0.1, -0.05) is 30.3 Å². The van der Waals surface area contributed by atoms with Gasteiger partial charge in [-0.2, -0.15) is 0 Å². The molecule has 2 fully saturated rings. The van der Waals surface area contributed by atoms with Gasteiger partial charge in [-0.05, 0) is 48.7 Å². The Balaban J connectivity index is 1.41. The second-order valence-corrected chi connectivity index (χ2v) is 10.1. The molecule has 2 heterocycles. The summed E-state index contributed by atoms with van der Waals surface area (Å²) in [6.07, 6.45) is 0. The Bertz CT molecular complexity index is 899. The van der Waals surface area contributed by atoms with Crippen molar-refractivity contribution in [3.63, 3.8) is 0 Å². The Morgan fingerprint density at radius 2 is 1.71 bits per heavy atom. The van der Waals surface area contributed by atoms with E-state index in [0.717, 1.165) is 25.4 Å². The lowest BCUT2D eigenvalue weighted by Gasteiger charge is -2.27. The van der Waals surface area contributed by atoms with Crippen LogP contribution in [0.3, 0.4) is 0 Å². The summed E-state index contributed by atoms with van der Waals surface area (Å²) in [5.74, 6) is 2.19. The van der Waals surface area contributed by atoms with Gasteiger partial charge in [0.15, 0.2) is 9.84 Å². The van der Waals surface area contributed by atoms with E-state index in [1.807, 2.05) is 18.2 Å². The van der Waals surface area contributed by atoms with E-state index in [4.69, 9.17) is 4.74 Å². The quantitative estimate of drug-likeness (QED) is 0.746. The fraction of sp³-hybridized carbons (Fsp3) is 0.455. The average molecular weight is 401 g/mol. The zero-order valence-electron chi connectivity index (χ0n) is 16.5. The van der Waals surface area contributed by atoms with Crippen LogP contribution in [0.15, 0.2) is 59.5 Å². The van der Waals surface area contributed by atoms with Gasteiger partial charge in [0.25, 0.3) is 0 Å². The van der Waals surface area contributed by atoms with Crippen LogP contribution < -0.4 is 4.74 Å². The minimum absolute atomic E-state index is 0.180. The molecule has 2 aromatic rings. The summed E-state index contributed by atoms with van der Waals surface area (Å²) < 4.78 is 30.5. The van der Waals surface area contributed by atoms with Crippen molar-refractivity contribution < 1.29 is 13.2 Å². The van der Waals surface area contributed by atoms with Crippen molar-refractivity contribution in [1.82, 2.24) is 9.80 Å². The Hall–Kier alpha value is -1.89. The lowest BCUT2D eigenvalue weighted by Crippen LogP contribution is -2.32. The molecule has 0 amide bonds. The minimum atomic E-state index is -3.22. The van der Waals surface area contributed by atoms with E-state index in [0.29, 0.717) is 29.3 Å². The number of benzene rings is 2. The zero-order chi connectivity index (χ0) is 19.7. The highest BCUT2D eigenvalue weighted by atomic mass is 32.2. The number of hydrogen-bond acceptors (Lipinski definition) is 5. The standard InChI is InChI=1S/C22H28N2O3S/c1-23-14-18-15-24(12-13-28(25,26)20-6-4-3-5-7-20)16-21(18)22(23)17-8-10-19(27-2)11-9-17/h3-11,18,21-22H,12-16H2,1-2H3/t18-,21+,22+/m0/s1. The SMILES string of the molecule is COc1ccc([C@@H]2[C@@H]3CN(CCS(=O)(=O)c4ccccc4)C[C@@H]3CN2C)cc1. The van der Waals surface area contributed by atoms with E-state index in [-0.39, 0.29) is 5.75 Å². The lowest BCUT2D eigenvalue weighted by atomic mass is 9.89. The van der Waals surface area contributed by atoms with Crippen molar-refractivity contribution in [3.05, 3.63) is 60.2 Å². The molecule has 0 aliphatic carbocycles. The Kier molecular flexibility index (Phi) is 5.45. The molecule has 0 aromatic heterocycles. The van der Waals surface area contributed by atoms with Gasteiger partial charge in [-0.3, -0.25) is 4.90 Å². The molecule has 5 nitrogen and oxygen atoms in total. The number of ether oxygens (including phenoxy) is 1. The van der Waals surface area contributed by atoms with E-state index in [2.05, 4.69) is 29.0 Å². The molecule has 0 unspecified atom stereocenters. The lowest BCUT2D eigenvalue weighted by molar-refractivity contribution is 0.233. The van der Waals surface area contributed by atoms with Gasteiger partial charge in [-0.15, -0.1) is 0 Å². The third-order valence-corrected chi connectivity index (χ3v) is 7.92. The number of methoxy groups -OCH3 is 1. The molecular weight excluding hydrogens is 372 g/mol. The van der Waals surface area contributed by atoms with Crippen LogP contribution in [0, 0.1) is 11.8 Å². The van der Waals surface area contributed by atoms with Gasteiger partial charge in [-0.25, -0.2) is 8.42 Å². The first kappa shape index (κ1) is 19.4. The first-order valence-corrected chi connectivity index (χ1v) is 11.5. The normalized spacial score (nSPS) is 25.7. The predicted octanol–water partition coefficient (Wildman–Crippen LogP) is 2.70. The molecular formula is C22H28N2O3S. The first-order valence-electron chi connectivity index (χ1n) is 9.82. The van der Waals surface area contributed by atoms with Gasteiger partial charge in [0.2, 0.25) is 0 Å². The highest BCUT2D eigenvalue weighted by Gasteiger charge is 2.46. The van der Waals surface area contributed by atoms with Crippen LogP contribution in [0.2, 0.25) is 0 Å². The summed E-state index contributed by atoms with van der Waals surface area (Å²) in [6, 6.07) is 17.5. The average Bonchev–Trinajstić information content (AvgIpc) is 3.23. The monoisotopic (exact) mass is 400 g/mol. The van der Waals surface area contributed by atoms with E-state index in [9.17, 15) is 8.42 Å². The maximum Gasteiger partial charge on any atom is 0.179 e.